The highest BCUT2D eigenvalue weighted by atomic mass is 79.9. The van der Waals surface area contributed by atoms with Gasteiger partial charge in [-0.25, -0.2) is 4.39 Å². The molecule has 0 aliphatic rings. The van der Waals surface area contributed by atoms with Gasteiger partial charge in [0.25, 0.3) is 0 Å². The van der Waals surface area contributed by atoms with Crippen LogP contribution in [0.2, 0.25) is 0 Å². The highest BCUT2D eigenvalue weighted by molar-refractivity contribution is 9.10. The van der Waals surface area contributed by atoms with E-state index in [1.165, 1.54) is 6.07 Å². The maximum absolute atomic E-state index is 13.2. The predicted molar refractivity (Wildman–Crippen MR) is 79.8 cm³/mol. The Labute approximate surface area is 127 Å². The Morgan fingerprint density at radius 3 is 2.68 bits per heavy atom. The number of nitrogens with one attached hydrogen (secondary N) is 1. The molecule has 0 spiro atoms. The van der Waals surface area contributed by atoms with Gasteiger partial charge in [0, 0.05) is 16.9 Å². The summed E-state index contributed by atoms with van der Waals surface area (Å²) in [5, 5.41) is 0. The molecule has 0 amide bonds. The zero-order valence-electron chi connectivity index (χ0n) is 9.91. The summed E-state index contributed by atoms with van der Waals surface area (Å²) >= 11 is 6.56. The van der Waals surface area contributed by atoms with Crippen molar-refractivity contribution in [1.82, 2.24) is 10.4 Å². The minimum Gasteiger partial charge on any atom is -0.271 e. The molecule has 0 fully saturated rings. The van der Waals surface area contributed by atoms with Crippen molar-refractivity contribution in [3.8, 4) is 0 Å². The first-order chi connectivity index (χ1) is 9.10. The second-order valence-electron chi connectivity index (χ2n) is 4.11. The minimum absolute atomic E-state index is 0.0811. The van der Waals surface area contributed by atoms with Crippen molar-refractivity contribution in [2.45, 2.75) is 12.5 Å². The van der Waals surface area contributed by atoms with Crippen molar-refractivity contribution in [3.63, 3.8) is 0 Å². The third-order valence-corrected chi connectivity index (χ3v) is 3.79. The van der Waals surface area contributed by atoms with Crippen LogP contribution in [0, 0.1) is 5.82 Å². The Bertz CT molecular complexity index is 578. The van der Waals surface area contributed by atoms with Crippen LogP contribution in [0.3, 0.4) is 0 Å². The van der Waals surface area contributed by atoms with Gasteiger partial charge in [0.05, 0.1) is 10.5 Å². The molecule has 1 heterocycles. The summed E-state index contributed by atoms with van der Waals surface area (Å²) in [5.41, 5.74) is 4.71. The highest BCUT2D eigenvalue weighted by Crippen LogP contribution is 2.23. The van der Waals surface area contributed by atoms with E-state index in [4.69, 9.17) is 5.84 Å². The zero-order valence-corrected chi connectivity index (χ0v) is 13.1. The molecule has 0 aliphatic carbocycles. The fourth-order valence-electron chi connectivity index (χ4n) is 1.79. The number of halogens is 3. The summed E-state index contributed by atoms with van der Waals surface area (Å²) in [6.07, 6.45) is 4.12. The van der Waals surface area contributed by atoms with Gasteiger partial charge in [-0.1, -0.05) is 6.07 Å². The average Bonchev–Trinajstić information content (AvgIpc) is 2.40. The van der Waals surface area contributed by atoms with Crippen molar-refractivity contribution in [2.75, 3.05) is 0 Å². The summed E-state index contributed by atoms with van der Waals surface area (Å²) in [6, 6.07) is 6.81. The van der Waals surface area contributed by atoms with Crippen LogP contribution in [-0.2, 0) is 6.42 Å². The molecule has 2 rings (SSSR count). The Kier molecular flexibility index (Phi) is 5.04. The second kappa shape index (κ2) is 6.56. The molecule has 0 bridgehead atoms. The summed E-state index contributed by atoms with van der Waals surface area (Å²) in [5.74, 6) is 5.32. The SMILES string of the molecule is NNC(Cc1ccc(F)c(Br)c1)c1cncc(Br)c1. The van der Waals surface area contributed by atoms with E-state index in [9.17, 15) is 4.39 Å². The topological polar surface area (TPSA) is 50.9 Å². The maximum atomic E-state index is 13.2. The molecule has 0 saturated carbocycles. The first-order valence-corrected chi connectivity index (χ1v) is 7.19. The van der Waals surface area contributed by atoms with E-state index in [-0.39, 0.29) is 11.9 Å². The summed E-state index contributed by atoms with van der Waals surface area (Å²) in [6.45, 7) is 0. The van der Waals surface area contributed by atoms with E-state index in [1.54, 1.807) is 24.5 Å². The van der Waals surface area contributed by atoms with E-state index in [0.717, 1.165) is 15.6 Å². The predicted octanol–water partition coefficient (Wildman–Crippen LogP) is 3.49. The average molecular weight is 389 g/mol. The lowest BCUT2D eigenvalue weighted by Crippen LogP contribution is -2.29. The van der Waals surface area contributed by atoms with Gasteiger partial charge in [-0.3, -0.25) is 16.3 Å². The summed E-state index contributed by atoms with van der Waals surface area (Å²) in [4.78, 5) is 4.11. The Hall–Kier alpha value is -0.820. The standard InChI is InChI=1S/C13H12Br2FN3/c14-10-5-9(6-18-7-10)13(19-17)4-8-1-2-12(16)11(15)3-8/h1-3,5-7,13,19H,4,17H2. The molecule has 3 N–H and O–H groups in total. The lowest BCUT2D eigenvalue weighted by molar-refractivity contribution is 0.548. The lowest BCUT2D eigenvalue weighted by atomic mass is 10.0. The van der Waals surface area contributed by atoms with Gasteiger partial charge in [0.2, 0.25) is 0 Å². The quantitative estimate of drug-likeness (QED) is 0.622. The molecule has 100 valence electrons. The van der Waals surface area contributed by atoms with Crippen LogP contribution in [0.4, 0.5) is 4.39 Å². The van der Waals surface area contributed by atoms with Crippen molar-refractivity contribution in [3.05, 3.63) is 62.5 Å². The van der Waals surface area contributed by atoms with Crippen molar-refractivity contribution in [1.29, 1.82) is 0 Å². The number of hydrogen-bond donors (Lipinski definition) is 2. The van der Waals surface area contributed by atoms with Crippen LogP contribution in [0.5, 0.6) is 0 Å². The fourth-order valence-corrected chi connectivity index (χ4v) is 2.60. The minimum atomic E-state index is -0.273. The molecule has 1 aromatic heterocycles. The summed E-state index contributed by atoms with van der Waals surface area (Å²) < 4.78 is 14.5. The van der Waals surface area contributed by atoms with E-state index in [0.29, 0.717) is 10.9 Å². The van der Waals surface area contributed by atoms with Gasteiger partial charge in [-0.2, -0.15) is 0 Å². The normalized spacial score (nSPS) is 12.4. The molecule has 0 aliphatic heterocycles. The van der Waals surface area contributed by atoms with Crippen LogP contribution in [-0.4, -0.2) is 4.98 Å². The first-order valence-electron chi connectivity index (χ1n) is 5.60. The van der Waals surface area contributed by atoms with Gasteiger partial charge in [0.15, 0.2) is 0 Å². The van der Waals surface area contributed by atoms with E-state index < -0.39 is 0 Å². The number of nitrogens with two attached hydrogens (primary N) is 1. The van der Waals surface area contributed by atoms with Gasteiger partial charge < -0.3 is 0 Å². The Morgan fingerprint density at radius 2 is 2.05 bits per heavy atom. The van der Waals surface area contributed by atoms with Crippen LogP contribution < -0.4 is 11.3 Å². The number of rotatable bonds is 4. The van der Waals surface area contributed by atoms with Crippen LogP contribution in [0.15, 0.2) is 45.6 Å². The highest BCUT2D eigenvalue weighted by Gasteiger charge is 2.12. The van der Waals surface area contributed by atoms with Crippen LogP contribution in [0.1, 0.15) is 17.2 Å². The Balaban J connectivity index is 2.21. The van der Waals surface area contributed by atoms with Gasteiger partial charge >= 0.3 is 0 Å². The zero-order chi connectivity index (χ0) is 13.8. The van der Waals surface area contributed by atoms with Gasteiger partial charge in [-0.15, -0.1) is 0 Å². The number of benzene rings is 1. The molecular weight excluding hydrogens is 377 g/mol. The molecule has 3 nitrogen and oxygen atoms in total. The molecule has 1 atom stereocenters. The third-order valence-electron chi connectivity index (χ3n) is 2.75. The first kappa shape index (κ1) is 14.6. The molecule has 1 aromatic carbocycles. The number of hydrogen-bond acceptors (Lipinski definition) is 3. The molecule has 0 radical (unpaired) electrons. The van der Waals surface area contributed by atoms with Crippen molar-refractivity contribution >= 4 is 31.9 Å². The number of hydrazine groups is 1. The molecule has 6 heteroatoms. The molecule has 0 saturated heterocycles. The van der Waals surface area contributed by atoms with Crippen molar-refractivity contribution < 1.29 is 4.39 Å². The second-order valence-corrected chi connectivity index (χ2v) is 5.88. The molecule has 2 aromatic rings. The fraction of sp³-hybridized carbons (Fsp3) is 0.154. The Morgan fingerprint density at radius 1 is 1.26 bits per heavy atom. The third kappa shape index (κ3) is 3.82. The van der Waals surface area contributed by atoms with Crippen molar-refractivity contribution in [2.24, 2.45) is 5.84 Å². The van der Waals surface area contributed by atoms with Crippen LogP contribution in [0.25, 0.3) is 0 Å². The largest absolute Gasteiger partial charge is 0.271 e. The number of pyridine rings is 1. The lowest BCUT2D eigenvalue weighted by Gasteiger charge is -2.16. The smallest absolute Gasteiger partial charge is 0.137 e. The molecular formula is C13H12Br2FN3. The summed E-state index contributed by atoms with van der Waals surface area (Å²) in [7, 11) is 0. The van der Waals surface area contributed by atoms with Gasteiger partial charge in [-0.05, 0) is 67.6 Å². The van der Waals surface area contributed by atoms with Gasteiger partial charge in [0.1, 0.15) is 5.82 Å². The van der Waals surface area contributed by atoms with E-state index in [1.807, 2.05) is 6.07 Å². The molecule has 19 heavy (non-hydrogen) atoms. The van der Waals surface area contributed by atoms with Crippen LogP contribution >= 0.6 is 31.9 Å². The molecule has 1 unspecified atom stereocenters. The van der Waals surface area contributed by atoms with E-state index in [2.05, 4.69) is 42.3 Å². The maximum Gasteiger partial charge on any atom is 0.137 e. The number of nitrogens with zero attached hydrogens (tertiary/aromatic N) is 1. The van der Waals surface area contributed by atoms with E-state index >= 15 is 0 Å². The monoisotopic (exact) mass is 387 g/mol. The number of aromatic nitrogens is 1.